The third kappa shape index (κ3) is 11.1. The van der Waals surface area contributed by atoms with Crippen molar-refractivity contribution in [3.63, 3.8) is 0 Å². The van der Waals surface area contributed by atoms with Crippen molar-refractivity contribution >= 4 is 56.8 Å². The van der Waals surface area contributed by atoms with Gasteiger partial charge in [-0.1, -0.05) is 87.8 Å². The van der Waals surface area contributed by atoms with Crippen molar-refractivity contribution in [1.29, 1.82) is 0 Å². The topological polar surface area (TPSA) is 163 Å². The number of benzene rings is 5. The largest absolute Gasteiger partial charge is 0.493 e. The smallest absolute Gasteiger partial charge is 0.257 e. The molecular weight excluding hydrogens is 959 g/mol. The first kappa shape index (κ1) is 51.2. The zero-order valence-corrected chi connectivity index (χ0v) is 45.2. The van der Waals surface area contributed by atoms with Crippen LogP contribution >= 0.6 is 0 Å². The summed E-state index contributed by atoms with van der Waals surface area (Å²) in [6.07, 6.45) is 0.781. The molecule has 0 aliphatic carbocycles. The standard InChI is InChI=1S/C56H67N5O10Si2/c1-66-49-26-43-45(60(34-68-17-19-72(3,4)5)55(64)47-24-38-13-9-11-15-40(38)30-58(47)53(43)62)28-51(49)70-32-36-21-37(23-42(57)22-36)33-71-52-29-46-44(27-50(52)67-2)54(63)59-31-41-16-12-10-14-39(41)25-48(59)56(65)61(46)35-69-18-20-73(6,7)8/h9-16,21-23,26-29,47-48H,17-20,24-25,30-35,57H2,1-8H3/t47-,48-/m0/s1. The van der Waals surface area contributed by atoms with E-state index in [0.717, 1.165) is 34.3 Å². The van der Waals surface area contributed by atoms with Gasteiger partial charge in [-0.25, -0.2) is 0 Å². The molecular formula is C56H67N5O10Si2. The fourth-order valence-corrected chi connectivity index (χ4v) is 11.4. The summed E-state index contributed by atoms with van der Waals surface area (Å²) < 4.78 is 37.1. The number of hydrogen-bond acceptors (Lipinski definition) is 11. The molecule has 4 aliphatic heterocycles. The molecule has 5 aromatic rings. The van der Waals surface area contributed by atoms with Gasteiger partial charge in [-0.3, -0.25) is 29.0 Å². The minimum atomic E-state index is -1.44. The number of rotatable bonds is 18. The highest BCUT2D eigenvalue weighted by Crippen LogP contribution is 2.43. The Morgan fingerprint density at radius 3 is 1.32 bits per heavy atom. The first-order valence-corrected chi connectivity index (χ1v) is 32.4. The van der Waals surface area contributed by atoms with Crippen LogP contribution in [0.2, 0.25) is 51.4 Å². The fourth-order valence-electron chi connectivity index (χ4n) is 9.87. The molecule has 15 nitrogen and oxygen atoms in total. The second-order valence-corrected chi connectivity index (χ2v) is 33.0. The summed E-state index contributed by atoms with van der Waals surface area (Å²) in [7, 11) is 0.155. The Labute approximate surface area is 430 Å². The number of nitrogens with two attached hydrogens (primary N) is 1. The summed E-state index contributed by atoms with van der Waals surface area (Å²) in [6, 6.07) is 28.4. The molecule has 0 unspecified atom stereocenters. The second kappa shape index (κ2) is 21.1. The lowest BCUT2D eigenvalue weighted by molar-refractivity contribution is -0.125. The van der Waals surface area contributed by atoms with Gasteiger partial charge in [0.2, 0.25) is 0 Å². The van der Waals surface area contributed by atoms with Crippen LogP contribution in [-0.2, 0) is 58.2 Å². The number of nitrogen functional groups attached to an aromatic ring is 1. The number of anilines is 3. The highest BCUT2D eigenvalue weighted by Gasteiger charge is 2.45. The summed E-state index contributed by atoms with van der Waals surface area (Å²) in [6.45, 7) is 15.3. The molecule has 2 atom stereocenters. The Hall–Kier alpha value is -6.67. The number of carbonyl (C=O) groups excluding carboxylic acids is 4. The molecule has 0 saturated heterocycles. The van der Waals surface area contributed by atoms with Crippen molar-refractivity contribution in [2.45, 2.75) is 103 Å². The molecule has 0 fully saturated rings. The van der Waals surface area contributed by atoms with Crippen molar-refractivity contribution in [1.82, 2.24) is 9.80 Å². The van der Waals surface area contributed by atoms with E-state index in [1.54, 1.807) is 56.0 Å². The molecule has 17 heteroatoms. The lowest BCUT2D eigenvalue weighted by atomic mass is 9.93. The van der Waals surface area contributed by atoms with Crippen LogP contribution in [0.5, 0.6) is 23.0 Å². The predicted octanol–water partition coefficient (Wildman–Crippen LogP) is 8.90. The molecule has 0 radical (unpaired) electrons. The molecule has 0 saturated carbocycles. The monoisotopic (exact) mass is 1030 g/mol. The van der Waals surface area contributed by atoms with Gasteiger partial charge >= 0.3 is 0 Å². The Morgan fingerprint density at radius 2 is 0.932 bits per heavy atom. The number of nitrogens with zero attached hydrogens (tertiary/aromatic N) is 4. The number of amides is 4. The molecule has 73 heavy (non-hydrogen) atoms. The molecule has 5 aromatic carbocycles. The molecule has 0 spiro atoms. The molecule has 0 bridgehead atoms. The van der Waals surface area contributed by atoms with Crippen LogP contribution in [0.15, 0.2) is 91.0 Å². The van der Waals surface area contributed by atoms with Gasteiger partial charge in [0.15, 0.2) is 23.0 Å². The van der Waals surface area contributed by atoms with E-state index in [2.05, 4.69) is 39.3 Å². The van der Waals surface area contributed by atoms with Gasteiger partial charge in [0, 0.05) is 73.1 Å². The number of carbonyl (C=O) groups is 4. The minimum Gasteiger partial charge on any atom is -0.493 e. The summed E-state index contributed by atoms with van der Waals surface area (Å²) in [5.41, 5.74) is 13.9. The van der Waals surface area contributed by atoms with E-state index < -0.39 is 28.2 Å². The predicted molar refractivity (Wildman–Crippen MR) is 286 cm³/mol. The van der Waals surface area contributed by atoms with Gasteiger partial charge < -0.3 is 44.0 Å². The normalized spacial score (nSPS) is 17.4. The average Bonchev–Trinajstić information content (AvgIpc) is 3.49. The molecule has 4 heterocycles. The van der Waals surface area contributed by atoms with Crippen LogP contribution in [0.1, 0.15) is 54.1 Å². The molecule has 2 N–H and O–H groups in total. The van der Waals surface area contributed by atoms with Crippen molar-refractivity contribution in [3.05, 3.63) is 136 Å². The summed E-state index contributed by atoms with van der Waals surface area (Å²) >= 11 is 0. The first-order valence-electron chi connectivity index (χ1n) is 25.0. The Balaban J connectivity index is 0.971. The number of ether oxygens (including phenoxy) is 6. The Bertz CT molecular complexity index is 2740. The quantitative estimate of drug-likeness (QED) is 0.0507. The highest BCUT2D eigenvalue weighted by atomic mass is 28.3. The van der Waals surface area contributed by atoms with Crippen molar-refractivity contribution in [3.8, 4) is 23.0 Å². The molecule has 9 rings (SSSR count). The maximum Gasteiger partial charge on any atom is 0.257 e. The van der Waals surface area contributed by atoms with Crippen LogP contribution in [0, 0.1) is 0 Å². The van der Waals surface area contributed by atoms with Crippen molar-refractivity contribution < 1.29 is 47.6 Å². The number of fused-ring (bicyclic) bond motifs is 6. The first-order chi connectivity index (χ1) is 34.9. The lowest BCUT2D eigenvalue weighted by Crippen LogP contribution is -2.51. The maximum atomic E-state index is 14.6. The zero-order chi connectivity index (χ0) is 51.8. The van der Waals surface area contributed by atoms with Gasteiger partial charge in [0.05, 0.1) is 36.7 Å². The lowest BCUT2D eigenvalue weighted by Gasteiger charge is -2.35. The van der Waals surface area contributed by atoms with E-state index in [1.165, 1.54) is 14.2 Å². The van der Waals surface area contributed by atoms with Gasteiger partial charge in [0.25, 0.3) is 23.6 Å². The van der Waals surface area contributed by atoms with E-state index in [-0.39, 0.29) is 50.3 Å². The third-order valence-electron chi connectivity index (χ3n) is 14.0. The Morgan fingerprint density at radius 1 is 0.534 bits per heavy atom. The SMILES string of the molecule is COc1cc2c(cc1OCc1cc(N)cc(COc3cc4c(cc3OC)C(=O)N3Cc5ccccc5C[C@H]3C(=O)N4COCC[Si](C)(C)C)c1)N(COCC[Si](C)(C)C)C(=O)[C@@H]1Cc3ccccc3CN1C2=O. The molecule has 4 aliphatic rings. The van der Waals surface area contributed by atoms with Gasteiger partial charge in [-0.05, 0) is 75.8 Å². The maximum absolute atomic E-state index is 14.6. The summed E-state index contributed by atoms with van der Waals surface area (Å²) in [5.74, 6) is 0.295. The van der Waals surface area contributed by atoms with Crippen LogP contribution in [0.25, 0.3) is 0 Å². The van der Waals surface area contributed by atoms with Crippen molar-refractivity contribution in [2.24, 2.45) is 0 Å². The highest BCUT2D eigenvalue weighted by molar-refractivity contribution is 6.76. The molecule has 384 valence electrons. The van der Waals surface area contributed by atoms with Crippen LogP contribution in [0.3, 0.4) is 0 Å². The number of hydrogen-bond donors (Lipinski definition) is 1. The van der Waals surface area contributed by atoms with Gasteiger partial charge in [0.1, 0.15) is 38.8 Å². The summed E-state index contributed by atoms with van der Waals surface area (Å²) in [5, 5.41) is 0. The van der Waals surface area contributed by atoms with E-state index in [4.69, 9.17) is 34.2 Å². The van der Waals surface area contributed by atoms with Gasteiger partial charge in [-0.15, -0.1) is 0 Å². The number of methoxy groups -OCH3 is 2. The molecule has 4 amide bonds. The van der Waals surface area contributed by atoms with Crippen LogP contribution in [-0.4, -0.2) is 103 Å². The van der Waals surface area contributed by atoms with Gasteiger partial charge in [-0.2, -0.15) is 0 Å². The summed E-state index contributed by atoms with van der Waals surface area (Å²) in [4.78, 5) is 64.8. The minimum absolute atomic E-state index is 0.0279. The van der Waals surface area contributed by atoms with Crippen LogP contribution in [0.4, 0.5) is 17.1 Å². The Kier molecular flexibility index (Phi) is 14.8. The zero-order valence-electron chi connectivity index (χ0n) is 43.2. The van der Waals surface area contributed by atoms with E-state index in [0.29, 0.717) is 101 Å². The van der Waals surface area contributed by atoms with E-state index in [9.17, 15) is 19.2 Å². The average molecular weight is 1030 g/mol. The van der Waals surface area contributed by atoms with E-state index >= 15 is 0 Å². The third-order valence-corrected chi connectivity index (χ3v) is 17.4. The van der Waals surface area contributed by atoms with E-state index in [1.807, 2.05) is 54.6 Å². The fraction of sp³-hybridized carbons (Fsp3) is 0.393. The molecule has 0 aromatic heterocycles. The van der Waals surface area contributed by atoms with Crippen molar-refractivity contribution in [2.75, 3.05) is 56.4 Å². The van der Waals surface area contributed by atoms with Crippen LogP contribution < -0.4 is 34.5 Å². The second-order valence-electron chi connectivity index (χ2n) is 21.8.